The average molecular weight is 338 g/mol. The molecule has 2 aromatic rings. The summed E-state index contributed by atoms with van der Waals surface area (Å²) in [6.07, 6.45) is 3.86. The van der Waals surface area contributed by atoms with E-state index in [1.807, 2.05) is 24.3 Å². The molecule has 0 spiro atoms. The molecule has 3 nitrogen and oxygen atoms in total. The molecule has 2 aromatic carbocycles. The zero-order chi connectivity index (χ0) is 17.5. The number of nitrogens with two attached hydrogens (primary N) is 1. The summed E-state index contributed by atoms with van der Waals surface area (Å²) >= 11 is 0. The zero-order valence-corrected chi connectivity index (χ0v) is 15.2. The topological polar surface area (TPSA) is 38.5 Å². The molecule has 1 aliphatic rings. The number of hydrogen-bond acceptors (Lipinski definition) is 3. The molecule has 2 unspecified atom stereocenters. The van der Waals surface area contributed by atoms with Crippen molar-refractivity contribution >= 4 is 0 Å². The number of likely N-dealkylation sites (N-methyl/N-ethyl adjacent to an activating group) is 1. The smallest absolute Gasteiger partial charge is 0.120 e. The molecule has 3 heteroatoms. The van der Waals surface area contributed by atoms with Crippen molar-refractivity contribution in [3.63, 3.8) is 0 Å². The quantitative estimate of drug-likeness (QED) is 0.823. The van der Waals surface area contributed by atoms with Gasteiger partial charge in [-0.1, -0.05) is 55.8 Å². The third kappa shape index (κ3) is 4.62. The Bertz CT molecular complexity index is 643. The third-order valence-electron chi connectivity index (χ3n) is 5.32. The minimum Gasteiger partial charge on any atom is -0.489 e. The van der Waals surface area contributed by atoms with Gasteiger partial charge in [0, 0.05) is 18.5 Å². The van der Waals surface area contributed by atoms with Crippen LogP contribution >= 0.6 is 0 Å². The number of hydrogen-bond donors (Lipinski definition) is 1. The van der Waals surface area contributed by atoms with Gasteiger partial charge in [0.05, 0.1) is 0 Å². The van der Waals surface area contributed by atoms with Gasteiger partial charge in [-0.3, -0.25) is 0 Å². The molecule has 2 atom stereocenters. The Morgan fingerprint density at radius 1 is 1.12 bits per heavy atom. The monoisotopic (exact) mass is 338 g/mol. The molecular formula is C22H30N2O. The average Bonchev–Trinajstić information content (AvgIpc) is 2.68. The molecule has 1 heterocycles. The highest BCUT2D eigenvalue weighted by Crippen LogP contribution is 2.31. The number of likely N-dealkylation sites (tertiary alicyclic amines) is 1. The SMILES string of the molecule is CCN1CCCCC1C(CN)c1cccc(OCc2ccccc2)c1. The molecule has 3 rings (SSSR count). The number of piperidine rings is 1. The van der Waals surface area contributed by atoms with Crippen molar-refractivity contribution in [3.8, 4) is 5.75 Å². The lowest BCUT2D eigenvalue weighted by molar-refractivity contribution is 0.134. The van der Waals surface area contributed by atoms with E-state index in [0.717, 1.165) is 12.3 Å². The van der Waals surface area contributed by atoms with E-state index >= 15 is 0 Å². The van der Waals surface area contributed by atoms with Crippen molar-refractivity contribution in [1.29, 1.82) is 0 Å². The lowest BCUT2D eigenvalue weighted by atomic mass is 9.85. The molecule has 134 valence electrons. The second-order valence-corrected chi connectivity index (χ2v) is 6.88. The Morgan fingerprint density at radius 2 is 1.96 bits per heavy atom. The summed E-state index contributed by atoms with van der Waals surface area (Å²) in [5.41, 5.74) is 8.69. The van der Waals surface area contributed by atoms with Gasteiger partial charge in [-0.15, -0.1) is 0 Å². The van der Waals surface area contributed by atoms with E-state index in [1.54, 1.807) is 0 Å². The van der Waals surface area contributed by atoms with Crippen LogP contribution in [0, 0.1) is 0 Å². The number of rotatable bonds is 7. The van der Waals surface area contributed by atoms with Crippen LogP contribution in [-0.4, -0.2) is 30.6 Å². The van der Waals surface area contributed by atoms with Gasteiger partial charge in [0.15, 0.2) is 0 Å². The molecule has 0 aliphatic carbocycles. The van der Waals surface area contributed by atoms with Crippen LogP contribution in [0.15, 0.2) is 54.6 Å². The van der Waals surface area contributed by atoms with E-state index in [2.05, 4.69) is 42.2 Å². The summed E-state index contributed by atoms with van der Waals surface area (Å²) in [5, 5.41) is 0. The van der Waals surface area contributed by atoms with Crippen LogP contribution in [0.2, 0.25) is 0 Å². The lowest BCUT2D eigenvalue weighted by Crippen LogP contribution is -2.45. The predicted molar refractivity (Wildman–Crippen MR) is 104 cm³/mol. The Balaban J connectivity index is 1.72. The van der Waals surface area contributed by atoms with E-state index in [1.165, 1.54) is 36.9 Å². The summed E-state index contributed by atoms with van der Waals surface area (Å²) < 4.78 is 6.01. The molecule has 2 N–H and O–H groups in total. The van der Waals surface area contributed by atoms with E-state index in [-0.39, 0.29) is 0 Å². The van der Waals surface area contributed by atoms with Crippen molar-refractivity contribution in [2.75, 3.05) is 19.6 Å². The van der Waals surface area contributed by atoms with Crippen LogP contribution in [0.5, 0.6) is 5.75 Å². The molecule has 25 heavy (non-hydrogen) atoms. The normalized spacial score (nSPS) is 19.5. The Labute approximate surface area is 151 Å². The van der Waals surface area contributed by atoms with Gasteiger partial charge in [0.25, 0.3) is 0 Å². The Kier molecular flexibility index (Phi) is 6.48. The summed E-state index contributed by atoms with van der Waals surface area (Å²) in [5.74, 6) is 1.30. The van der Waals surface area contributed by atoms with E-state index < -0.39 is 0 Å². The molecule has 0 amide bonds. The predicted octanol–water partition coefficient (Wildman–Crippen LogP) is 4.18. The van der Waals surface area contributed by atoms with Crippen LogP contribution < -0.4 is 10.5 Å². The van der Waals surface area contributed by atoms with E-state index in [0.29, 0.717) is 25.1 Å². The molecule has 1 aliphatic heterocycles. The number of ether oxygens (including phenoxy) is 1. The van der Waals surface area contributed by atoms with Crippen molar-refractivity contribution < 1.29 is 4.74 Å². The first kappa shape index (κ1) is 18.0. The second kappa shape index (κ2) is 9.02. The van der Waals surface area contributed by atoms with Gasteiger partial charge in [0.1, 0.15) is 12.4 Å². The molecule has 0 saturated carbocycles. The molecule has 0 aromatic heterocycles. The second-order valence-electron chi connectivity index (χ2n) is 6.88. The molecule has 0 bridgehead atoms. The van der Waals surface area contributed by atoms with Crippen LogP contribution in [0.25, 0.3) is 0 Å². The van der Waals surface area contributed by atoms with Gasteiger partial charge in [-0.2, -0.15) is 0 Å². The number of benzene rings is 2. The van der Waals surface area contributed by atoms with Crippen molar-refractivity contribution in [3.05, 3.63) is 65.7 Å². The van der Waals surface area contributed by atoms with Crippen LogP contribution in [-0.2, 0) is 6.61 Å². The van der Waals surface area contributed by atoms with E-state index in [9.17, 15) is 0 Å². The molecule has 1 fully saturated rings. The minimum absolute atomic E-state index is 0.375. The van der Waals surface area contributed by atoms with Crippen LogP contribution in [0.4, 0.5) is 0 Å². The zero-order valence-electron chi connectivity index (χ0n) is 15.2. The third-order valence-corrected chi connectivity index (χ3v) is 5.32. The highest BCUT2D eigenvalue weighted by Gasteiger charge is 2.29. The summed E-state index contributed by atoms with van der Waals surface area (Å²) in [7, 11) is 0. The van der Waals surface area contributed by atoms with Crippen molar-refractivity contribution in [2.45, 2.75) is 44.8 Å². The van der Waals surface area contributed by atoms with Crippen molar-refractivity contribution in [1.82, 2.24) is 4.90 Å². The first-order valence-electron chi connectivity index (χ1n) is 9.52. The van der Waals surface area contributed by atoms with Gasteiger partial charge in [-0.05, 0) is 49.2 Å². The number of nitrogens with zero attached hydrogens (tertiary/aromatic N) is 1. The Morgan fingerprint density at radius 3 is 2.72 bits per heavy atom. The van der Waals surface area contributed by atoms with Crippen molar-refractivity contribution in [2.24, 2.45) is 5.73 Å². The maximum atomic E-state index is 6.20. The molecule has 0 radical (unpaired) electrons. The van der Waals surface area contributed by atoms with E-state index in [4.69, 9.17) is 10.5 Å². The Hall–Kier alpha value is -1.84. The van der Waals surface area contributed by atoms with Gasteiger partial charge < -0.3 is 15.4 Å². The van der Waals surface area contributed by atoms with Gasteiger partial charge in [-0.25, -0.2) is 0 Å². The molecular weight excluding hydrogens is 308 g/mol. The maximum Gasteiger partial charge on any atom is 0.120 e. The van der Waals surface area contributed by atoms with Crippen LogP contribution in [0.1, 0.15) is 43.2 Å². The van der Waals surface area contributed by atoms with Crippen LogP contribution in [0.3, 0.4) is 0 Å². The maximum absolute atomic E-state index is 6.20. The highest BCUT2D eigenvalue weighted by atomic mass is 16.5. The highest BCUT2D eigenvalue weighted by molar-refractivity contribution is 5.32. The summed E-state index contributed by atoms with van der Waals surface area (Å²) in [6, 6.07) is 19.4. The molecule has 1 saturated heterocycles. The van der Waals surface area contributed by atoms with Gasteiger partial charge >= 0.3 is 0 Å². The fourth-order valence-electron chi connectivity index (χ4n) is 3.96. The van der Waals surface area contributed by atoms with Gasteiger partial charge in [0.2, 0.25) is 0 Å². The fraction of sp³-hybridized carbons (Fsp3) is 0.455. The summed E-state index contributed by atoms with van der Waals surface area (Å²) in [4.78, 5) is 2.60. The standard InChI is InChI=1S/C22H30N2O/c1-2-24-14-7-6-13-22(24)21(16-23)19-11-8-12-20(15-19)25-17-18-9-4-3-5-10-18/h3-5,8-12,15,21-22H,2,6-7,13-14,16-17,23H2,1H3. The first-order chi connectivity index (χ1) is 12.3. The first-order valence-corrected chi connectivity index (χ1v) is 9.52. The largest absolute Gasteiger partial charge is 0.489 e. The minimum atomic E-state index is 0.375. The fourth-order valence-corrected chi connectivity index (χ4v) is 3.96. The summed E-state index contributed by atoms with van der Waals surface area (Å²) in [6.45, 7) is 5.84. The lowest BCUT2D eigenvalue weighted by Gasteiger charge is -2.40.